The molecule has 146 valence electrons. The van der Waals surface area contributed by atoms with Gasteiger partial charge in [0, 0.05) is 29.2 Å². The van der Waals surface area contributed by atoms with Crippen LogP contribution < -0.4 is 5.32 Å². The Bertz CT molecular complexity index is 822. The Morgan fingerprint density at radius 1 is 1.15 bits per heavy atom. The van der Waals surface area contributed by atoms with Gasteiger partial charge in [0.15, 0.2) is 0 Å². The second-order valence-electron chi connectivity index (χ2n) is 6.83. The second kappa shape index (κ2) is 8.75. The number of aromatic nitrogens is 4. The number of hydrogen-bond acceptors (Lipinski definition) is 6. The molecule has 0 aromatic carbocycles. The Kier molecular flexibility index (Phi) is 6.65. The zero-order valence-corrected chi connectivity index (χ0v) is 16.8. The molecule has 0 saturated heterocycles. The van der Waals surface area contributed by atoms with E-state index >= 15 is 0 Å². The number of amides is 1. The summed E-state index contributed by atoms with van der Waals surface area (Å²) in [5.41, 5.74) is 4.13. The second-order valence-corrected chi connectivity index (χ2v) is 6.83. The zero-order valence-electron chi connectivity index (χ0n) is 16.8. The summed E-state index contributed by atoms with van der Waals surface area (Å²) in [6, 6.07) is 1.90. The summed E-state index contributed by atoms with van der Waals surface area (Å²) in [6.45, 7) is 11.4. The van der Waals surface area contributed by atoms with Crippen molar-refractivity contribution in [3.63, 3.8) is 0 Å². The van der Waals surface area contributed by atoms with Crippen molar-refractivity contribution >= 4 is 11.9 Å². The van der Waals surface area contributed by atoms with Gasteiger partial charge >= 0.3 is 5.97 Å². The molecule has 0 fully saturated rings. The molecule has 8 nitrogen and oxygen atoms in total. The monoisotopic (exact) mass is 373 g/mol. The molecule has 0 saturated carbocycles. The lowest BCUT2D eigenvalue weighted by atomic mass is 10.1. The van der Waals surface area contributed by atoms with Crippen molar-refractivity contribution in [1.82, 2.24) is 25.1 Å². The lowest BCUT2D eigenvalue weighted by molar-refractivity contribution is -0.147. The standard InChI is InChI=1S/C19H27N5O3/c1-11(2)27-18(26)7-8-20-17(25)10-16-14(5)23-24(15(16)6)19-21-12(3)9-13(4)22-19/h9,11H,7-8,10H2,1-6H3,(H,20,25). The number of nitrogens with one attached hydrogen (secondary N) is 1. The third-order valence-corrected chi connectivity index (χ3v) is 3.96. The van der Waals surface area contributed by atoms with Crippen molar-refractivity contribution in [3.8, 4) is 5.95 Å². The van der Waals surface area contributed by atoms with Crippen LogP contribution >= 0.6 is 0 Å². The molecule has 0 aliphatic carbocycles. The summed E-state index contributed by atoms with van der Waals surface area (Å²) in [5.74, 6) is 0.00748. The number of aryl methyl sites for hydroxylation is 3. The Balaban J connectivity index is 2.04. The van der Waals surface area contributed by atoms with Gasteiger partial charge in [0.05, 0.1) is 24.6 Å². The van der Waals surface area contributed by atoms with Crippen LogP contribution in [0.2, 0.25) is 0 Å². The fourth-order valence-electron chi connectivity index (χ4n) is 2.78. The topological polar surface area (TPSA) is 99.0 Å². The van der Waals surface area contributed by atoms with Crippen molar-refractivity contribution < 1.29 is 14.3 Å². The van der Waals surface area contributed by atoms with E-state index < -0.39 is 0 Å². The van der Waals surface area contributed by atoms with Gasteiger partial charge in [-0.3, -0.25) is 9.59 Å². The molecule has 1 N–H and O–H groups in total. The summed E-state index contributed by atoms with van der Waals surface area (Å²) in [4.78, 5) is 32.6. The van der Waals surface area contributed by atoms with Gasteiger partial charge in [0.2, 0.25) is 5.91 Å². The number of carbonyl (C=O) groups excluding carboxylic acids is 2. The highest BCUT2D eigenvalue weighted by Crippen LogP contribution is 2.17. The van der Waals surface area contributed by atoms with Crippen LogP contribution in [-0.2, 0) is 20.7 Å². The van der Waals surface area contributed by atoms with Crippen LogP contribution in [0.4, 0.5) is 0 Å². The largest absolute Gasteiger partial charge is 0.463 e. The molecule has 0 spiro atoms. The van der Waals surface area contributed by atoms with E-state index in [1.807, 2.05) is 33.8 Å². The Labute approximate surface area is 159 Å². The molecule has 0 aliphatic heterocycles. The number of nitrogens with zero attached hydrogens (tertiary/aromatic N) is 4. The maximum absolute atomic E-state index is 12.2. The van der Waals surface area contributed by atoms with Crippen molar-refractivity contribution in [2.75, 3.05) is 6.54 Å². The van der Waals surface area contributed by atoms with E-state index in [0.717, 1.165) is 28.3 Å². The Hall–Kier alpha value is -2.77. The molecule has 0 atom stereocenters. The molecular formula is C19H27N5O3. The molecule has 2 rings (SSSR count). The summed E-state index contributed by atoms with van der Waals surface area (Å²) < 4.78 is 6.71. The average Bonchev–Trinajstić information content (AvgIpc) is 2.81. The molecule has 2 aromatic rings. The summed E-state index contributed by atoms with van der Waals surface area (Å²) >= 11 is 0. The predicted octanol–water partition coefficient (Wildman–Crippen LogP) is 1.90. The number of ether oxygens (including phenoxy) is 1. The maximum Gasteiger partial charge on any atom is 0.307 e. The van der Waals surface area contributed by atoms with E-state index in [1.54, 1.807) is 18.5 Å². The number of rotatable bonds is 7. The fourth-order valence-corrected chi connectivity index (χ4v) is 2.78. The minimum Gasteiger partial charge on any atom is -0.463 e. The third-order valence-electron chi connectivity index (χ3n) is 3.96. The van der Waals surface area contributed by atoms with E-state index in [9.17, 15) is 9.59 Å². The first-order valence-corrected chi connectivity index (χ1v) is 9.01. The van der Waals surface area contributed by atoms with Crippen molar-refractivity contribution in [3.05, 3.63) is 34.4 Å². The fraction of sp³-hybridized carbons (Fsp3) is 0.526. The van der Waals surface area contributed by atoms with Crippen LogP contribution in [0.15, 0.2) is 6.07 Å². The third kappa shape index (κ3) is 5.60. The summed E-state index contributed by atoms with van der Waals surface area (Å²) in [5, 5.41) is 7.24. The van der Waals surface area contributed by atoms with Crippen molar-refractivity contribution in [1.29, 1.82) is 0 Å². The lowest BCUT2D eigenvalue weighted by Crippen LogP contribution is -2.28. The van der Waals surface area contributed by atoms with Gasteiger partial charge in [-0.05, 0) is 47.6 Å². The van der Waals surface area contributed by atoms with Gasteiger partial charge in [0.1, 0.15) is 0 Å². The molecule has 0 unspecified atom stereocenters. The van der Waals surface area contributed by atoms with Gasteiger partial charge in [-0.15, -0.1) is 0 Å². The SMILES string of the molecule is Cc1cc(C)nc(-n2nc(C)c(CC(=O)NCCC(=O)OC(C)C)c2C)n1. The smallest absolute Gasteiger partial charge is 0.307 e. The number of hydrogen-bond donors (Lipinski definition) is 1. The predicted molar refractivity (Wildman–Crippen MR) is 101 cm³/mol. The molecular weight excluding hydrogens is 346 g/mol. The molecule has 2 aromatic heterocycles. The highest BCUT2D eigenvalue weighted by molar-refractivity contribution is 5.79. The molecule has 0 aliphatic rings. The van der Waals surface area contributed by atoms with E-state index in [2.05, 4.69) is 20.4 Å². The van der Waals surface area contributed by atoms with E-state index in [0.29, 0.717) is 5.95 Å². The average molecular weight is 373 g/mol. The van der Waals surface area contributed by atoms with Crippen LogP contribution in [0.1, 0.15) is 48.6 Å². The van der Waals surface area contributed by atoms with Gasteiger partial charge in [-0.2, -0.15) is 5.10 Å². The molecule has 0 bridgehead atoms. The number of esters is 1. The van der Waals surface area contributed by atoms with Gasteiger partial charge < -0.3 is 10.1 Å². The zero-order chi connectivity index (χ0) is 20.1. The first kappa shape index (κ1) is 20.5. The maximum atomic E-state index is 12.2. The minimum absolute atomic E-state index is 0.150. The highest BCUT2D eigenvalue weighted by Gasteiger charge is 2.18. The van der Waals surface area contributed by atoms with E-state index in [4.69, 9.17) is 4.74 Å². The van der Waals surface area contributed by atoms with E-state index in [-0.39, 0.29) is 37.4 Å². The van der Waals surface area contributed by atoms with Gasteiger partial charge in [-0.25, -0.2) is 14.6 Å². The van der Waals surface area contributed by atoms with Crippen LogP contribution in [-0.4, -0.2) is 44.3 Å². The van der Waals surface area contributed by atoms with Gasteiger partial charge in [-0.1, -0.05) is 0 Å². The summed E-state index contributed by atoms with van der Waals surface area (Å²) in [6.07, 6.45) is 0.177. The molecule has 1 amide bonds. The summed E-state index contributed by atoms with van der Waals surface area (Å²) in [7, 11) is 0. The van der Waals surface area contributed by atoms with E-state index in [1.165, 1.54) is 0 Å². The highest BCUT2D eigenvalue weighted by atomic mass is 16.5. The Morgan fingerprint density at radius 2 is 1.78 bits per heavy atom. The minimum atomic E-state index is -0.322. The van der Waals surface area contributed by atoms with Crippen LogP contribution in [0.3, 0.4) is 0 Å². The first-order valence-electron chi connectivity index (χ1n) is 9.01. The van der Waals surface area contributed by atoms with Crippen LogP contribution in [0, 0.1) is 27.7 Å². The lowest BCUT2D eigenvalue weighted by Gasteiger charge is -2.09. The molecule has 0 radical (unpaired) electrons. The normalized spacial score (nSPS) is 10.9. The molecule has 8 heteroatoms. The van der Waals surface area contributed by atoms with Gasteiger partial charge in [0.25, 0.3) is 5.95 Å². The molecule has 2 heterocycles. The quantitative estimate of drug-likeness (QED) is 0.744. The van der Waals surface area contributed by atoms with Crippen LogP contribution in [0.25, 0.3) is 5.95 Å². The first-order chi connectivity index (χ1) is 12.7. The molecule has 27 heavy (non-hydrogen) atoms. The Morgan fingerprint density at radius 3 is 2.37 bits per heavy atom. The van der Waals surface area contributed by atoms with Crippen molar-refractivity contribution in [2.24, 2.45) is 0 Å². The number of carbonyl (C=O) groups is 2. The van der Waals surface area contributed by atoms with Crippen LogP contribution in [0.5, 0.6) is 0 Å². The van der Waals surface area contributed by atoms with Crippen molar-refractivity contribution in [2.45, 2.75) is 60.5 Å².